The quantitative estimate of drug-likeness (QED) is 0.477. The third-order valence-electron chi connectivity index (χ3n) is 5.23. The van der Waals surface area contributed by atoms with Gasteiger partial charge < -0.3 is 9.47 Å². The second-order valence-corrected chi connectivity index (χ2v) is 10.6. The van der Waals surface area contributed by atoms with Crippen molar-refractivity contribution in [2.45, 2.75) is 4.90 Å². The number of ether oxygens (including phenoxy) is 2. The highest BCUT2D eigenvalue weighted by Crippen LogP contribution is 2.32. The van der Waals surface area contributed by atoms with Crippen molar-refractivity contribution >= 4 is 42.4 Å². The molecule has 1 aliphatic heterocycles. The molecule has 33 heavy (non-hydrogen) atoms. The Kier molecular flexibility index (Phi) is 7.23. The van der Waals surface area contributed by atoms with Crippen LogP contribution in [0.2, 0.25) is 0 Å². The predicted octanol–water partition coefficient (Wildman–Crippen LogP) is 2.58. The number of rotatable bonds is 8. The van der Waals surface area contributed by atoms with Crippen molar-refractivity contribution in [3.05, 3.63) is 48.3 Å². The van der Waals surface area contributed by atoms with Gasteiger partial charge in [-0.2, -0.15) is 0 Å². The molecule has 8 nitrogen and oxygen atoms in total. The molecule has 1 aromatic heterocycles. The standard InChI is InChI=1S/C22H24FN3O5S2/c1-33(28,29)19-8-4-7-18-21(19)24-22(32-18)26(10-9-25-11-13-30-14-12-25)20(27)15-31-17-6-3-2-5-16(17)23/h2-8H,9-15H2,1H3. The molecule has 2 aromatic carbocycles. The van der Waals surface area contributed by atoms with Gasteiger partial charge in [0, 0.05) is 32.4 Å². The van der Waals surface area contributed by atoms with Crippen LogP contribution in [0.25, 0.3) is 10.2 Å². The van der Waals surface area contributed by atoms with Crippen molar-refractivity contribution in [2.24, 2.45) is 0 Å². The van der Waals surface area contributed by atoms with E-state index < -0.39 is 21.6 Å². The number of thiazole rings is 1. The number of benzene rings is 2. The molecule has 0 bridgehead atoms. The molecule has 0 radical (unpaired) electrons. The zero-order valence-corrected chi connectivity index (χ0v) is 19.7. The summed E-state index contributed by atoms with van der Waals surface area (Å²) in [5, 5.41) is 0.372. The van der Waals surface area contributed by atoms with Crippen LogP contribution < -0.4 is 9.64 Å². The minimum Gasteiger partial charge on any atom is -0.481 e. The highest BCUT2D eigenvalue weighted by Gasteiger charge is 2.24. The van der Waals surface area contributed by atoms with Crippen LogP contribution in [0.1, 0.15) is 0 Å². The number of nitrogens with zero attached hydrogens (tertiary/aromatic N) is 3. The SMILES string of the molecule is CS(=O)(=O)c1cccc2sc(N(CCN3CCOCC3)C(=O)COc3ccccc3F)nc12. The number of hydrogen-bond acceptors (Lipinski definition) is 8. The van der Waals surface area contributed by atoms with E-state index in [1.807, 2.05) is 0 Å². The third-order valence-corrected chi connectivity index (χ3v) is 7.41. The summed E-state index contributed by atoms with van der Waals surface area (Å²) in [6.07, 6.45) is 1.13. The summed E-state index contributed by atoms with van der Waals surface area (Å²) in [6.45, 7) is 3.31. The number of anilines is 1. The number of morpholine rings is 1. The topological polar surface area (TPSA) is 89.0 Å². The summed E-state index contributed by atoms with van der Waals surface area (Å²) in [5.74, 6) is -0.961. The smallest absolute Gasteiger partial charge is 0.266 e. The minimum atomic E-state index is -3.49. The average Bonchev–Trinajstić information content (AvgIpc) is 3.22. The molecule has 0 atom stereocenters. The second kappa shape index (κ2) is 10.1. The van der Waals surface area contributed by atoms with Crippen molar-refractivity contribution < 1.29 is 27.1 Å². The lowest BCUT2D eigenvalue weighted by atomic mass is 10.3. The summed E-state index contributed by atoms with van der Waals surface area (Å²) < 4.78 is 49.8. The van der Waals surface area contributed by atoms with Crippen molar-refractivity contribution in [1.29, 1.82) is 0 Å². The van der Waals surface area contributed by atoms with Crippen LogP contribution >= 0.6 is 11.3 Å². The summed E-state index contributed by atoms with van der Waals surface area (Å²) in [5.41, 5.74) is 0.333. The Balaban J connectivity index is 1.60. The molecule has 11 heteroatoms. The van der Waals surface area contributed by atoms with Crippen molar-refractivity contribution in [3.8, 4) is 5.75 Å². The van der Waals surface area contributed by atoms with Crippen LogP contribution in [0.5, 0.6) is 5.75 Å². The van der Waals surface area contributed by atoms with Gasteiger partial charge in [-0.15, -0.1) is 0 Å². The Morgan fingerprint density at radius 3 is 2.70 bits per heavy atom. The average molecular weight is 494 g/mol. The molecule has 0 aliphatic carbocycles. The van der Waals surface area contributed by atoms with Gasteiger partial charge in [-0.3, -0.25) is 14.6 Å². The first-order valence-electron chi connectivity index (χ1n) is 10.4. The molecule has 176 valence electrons. The molecular weight excluding hydrogens is 469 g/mol. The number of carbonyl (C=O) groups excluding carboxylic acids is 1. The molecule has 0 unspecified atom stereocenters. The molecule has 3 aromatic rings. The maximum absolute atomic E-state index is 13.9. The van der Waals surface area contributed by atoms with Gasteiger partial charge in [-0.1, -0.05) is 29.5 Å². The van der Waals surface area contributed by atoms with E-state index >= 15 is 0 Å². The van der Waals surface area contributed by atoms with Gasteiger partial charge in [-0.05, 0) is 24.3 Å². The van der Waals surface area contributed by atoms with Crippen LogP contribution in [0.15, 0.2) is 47.4 Å². The van der Waals surface area contributed by atoms with E-state index in [-0.39, 0.29) is 17.3 Å². The second-order valence-electron chi connectivity index (χ2n) is 7.59. The molecule has 0 saturated carbocycles. The number of hydrogen-bond donors (Lipinski definition) is 0. The van der Waals surface area contributed by atoms with Crippen LogP contribution in [0, 0.1) is 5.82 Å². The number of para-hydroxylation sites is 2. The molecule has 0 N–H and O–H groups in total. The maximum Gasteiger partial charge on any atom is 0.266 e. The summed E-state index contributed by atoms with van der Waals surface area (Å²) in [4.78, 5) is 21.4. The largest absolute Gasteiger partial charge is 0.481 e. The van der Waals surface area contributed by atoms with E-state index in [9.17, 15) is 17.6 Å². The highest BCUT2D eigenvalue weighted by molar-refractivity contribution is 7.91. The molecule has 1 aliphatic rings. The van der Waals surface area contributed by atoms with Crippen LogP contribution in [-0.2, 0) is 19.4 Å². The van der Waals surface area contributed by atoms with E-state index in [0.717, 1.165) is 19.3 Å². The first-order chi connectivity index (χ1) is 15.8. The summed E-state index contributed by atoms with van der Waals surface area (Å²) in [6, 6.07) is 10.8. The van der Waals surface area contributed by atoms with Crippen LogP contribution in [-0.4, -0.2) is 76.5 Å². The molecule has 1 fully saturated rings. The van der Waals surface area contributed by atoms with Gasteiger partial charge in [-0.25, -0.2) is 17.8 Å². The molecule has 0 spiro atoms. The Hall–Kier alpha value is -2.60. The van der Waals surface area contributed by atoms with E-state index in [2.05, 4.69) is 9.88 Å². The van der Waals surface area contributed by atoms with E-state index in [1.165, 1.54) is 34.4 Å². The Bertz CT molecular complexity index is 1240. The Morgan fingerprint density at radius 2 is 1.97 bits per heavy atom. The summed E-state index contributed by atoms with van der Waals surface area (Å²) >= 11 is 1.23. The first kappa shape index (κ1) is 23.6. The van der Waals surface area contributed by atoms with Gasteiger partial charge in [0.25, 0.3) is 5.91 Å². The zero-order chi connectivity index (χ0) is 23.4. The van der Waals surface area contributed by atoms with Gasteiger partial charge in [0.05, 0.1) is 22.8 Å². The van der Waals surface area contributed by atoms with Crippen LogP contribution in [0.3, 0.4) is 0 Å². The number of amides is 1. The van der Waals surface area contributed by atoms with E-state index in [4.69, 9.17) is 9.47 Å². The fourth-order valence-electron chi connectivity index (χ4n) is 3.50. The third kappa shape index (κ3) is 5.67. The fraction of sp³-hybridized carbons (Fsp3) is 0.364. The molecule has 2 heterocycles. The summed E-state index contributed by atoms with van der Waals surface area (Å²) in [7, 11) is -3.49. The lowest BCUT2D eigenvalue weighted by Gasteiger charge is -2.29. The normalized spacial score (nSPS) is 15.0. The maximum atomic E-state index is 13.9. The van der Waals surface area contributed by atoms with Gasteiger partial charge in [0.1, 0.15) is 5.52 Å². The van der Waals surface area contributed by atoms with Gasteiger partial charge >= 0.3 is 0 Å². The Labute approximate surface area is 195 Å². The number of sulfone groups is 1. The number of fused-ring (bicyclic) bond motifs is 1. The molecule has 1 saturated heterocycles. The van der Waals surface area contributed by atoms with Crippen molar-refractivity contribution in [3.63, 3.8) is 0 Å². The number of halogens is 1. The Morgan fingerprint density at radius 1 is 1.21 bits per heavy atom. The fourth-order valence-corrected chi connectivity index (χ4v) is 5.43. The highest BCUT2D eigenvalue weighted by atomic mass is 32.2. The van der Waals surface area contributed by atoms with Gasteiger partial charge in [0.15, 0.2) is 33.1 Å². The number of carbonyl (C=O) groups is 1. The van der Waals surface area contributed by atoms with Crippen molar-refractivity contribution in [1.82, 2.24) is 9.88 Å². The zero-order valence-electron chi connectivity index (χ0n) is 18.1. The van der Waals surface area contributed by atoms with Crippen molar-refractivity contribution in [2.75, 3.05) is 57.2 Å². The minimum absolute atomic E-state index is 0.0114. The lowest BCUT2D eigenvalue weighted by Crippen LogP contribution is -2.44. The monoisotopic (exact) mass is 493 g/mol. The molecular formula is C22H24FN3O5S2. The van der Waals surface area contributed by atoms with E-state index in [0.29, 0.717) is 41.7 Å². The van der Waals surface area contributed by atoms with E-state index in [1.54, 1.807) is 24.3 Å². The lowest BCUT2D eigenvalue weighted by molar-refractivity contribution is -0.120. The van der Waals surface area contributed by atoms with Gasteiger partial charge in [0.2, 0.25) is 0 Å². The number of aromatic nitrogens is 1. The predicted molar refractivity (Wildman–Crippen MR) is 124 cm³/mol. The molecule has 4 rings (SSSR count). The molecule has 1 amide bonds. The van der Waals surface area contributed by atoms with Crippen LogP contribution in [0.4, 0.5) is 9.52 Å². The first-order valence-corrected chi connectivity index (χ1v) is 13.1.